The first-order chi connectivity index (χ1) is 16.8. The number of aliphatic hydroxyl groups excluding tert-OH is 1. The van der Waals surface area contributed by atoms with Gasteiger partial charge in [0, 0.05) is 6.20 Å². The number of nitrogens with zero attached hydrogens (tertiary/aromatic N) is 6. The zero-order chi connectivity index (χ0) is 24.5. The summed E-state index contributed by atoms with van der Waals surface area (Å²) in [6.45, 7) is 3.83. The summed E-state index contributed by atoms with van der Waals surface area (Å²) in [6, 6.07) is 6.96. The number of hydrogen-bond acceptors (Lipinski definition) is 6. The van der Waals surface area contributed by atoms with Crippen LogP contribution in [0.5, 0.6) is 0 Å². The molecule has 3 heterocycles. The first-order valence-corrected chi connectivity index (χ1v) is 11.3. The van der Waals surface area contributed by atoms with Crippen molar-refractivity contribution < 1.29 is 18.3 Å². The highest BCUT2D eigenvalue weighted by atomic mass is 19.1. The Morgan fingerprint density at radius 2 is 1.83 bits per heavy atom. The largest absolute Gasteiger partial charge is 0.390 e. The highest BCUT2D eigenvalue weighted by Crippen LogP contribution is 2.69. The molecule has 3 aromatic heterocycles. The molecule has 6 rings (SSSR count). The minimum Gasteiger partial charge on any atom is -0.390 e. The average Bonchev–Trinajstić information content (AvgIpc) is 3.47. The summed E-state index contributed by atoms with van der Waals surface area (Å²) in [5.41, 5.74) is 0.470. The number of benzene rings is 1. The Balaban J connectivity index is 1.54. The second kappa shape index (κ2) is 7.42. The molecule has 1 aromatic carbocycles. The summed E-state index contributed by atoms with van der Waals surface area (Å²) in [5, 5.41) is 22.2. The van der Waals surface area contributed by atoms with E-state index in [4.69, 9.17) is 0 Å². The summed E-state index contributed by atoms with van der Waals surface area (Å²) < 4.78 is 45.7. The van der Waals surface area contributed by atoms with Crippen LogP contribution < -0.4 is 0 Å². The molecule has 178 valence electrons. The van der Waals surface area contributed by atoms with Crippen LogP contribution in [-0.4, -0.2) is 35.1 Å². The van der Waals surface area contributed by atoms with Gasteiger partial charge in [0.15, 0.2) is 5.82 Å². The van der Waals surface area contributed by atoms with Gasteiger partial charge in [-0.1, -0.05) is 19.9 Å². The van der Waals surface area contributed by atoms with Crippen molar-refractivity contribution in [1.82, 2.24) is 29.9 Å². The fourth-order valence-electron chi connectivity index (χ4n) is 6.04. The lowest BCUT2D eigenvalue weighted by atomic mass is 9.66. The van der Waals surface area contributed by atoms with Crippen molar-refractivity contribution in [1.29, 1.82) is 0 Å². The van der Waals surface area contributed by atoms with Crippen molar-refractivity contribution in [2.75, 3.05) is 0 Å². The fourth-order valence-corrected chi connectivity index (χ4v) is 6.04. The smallest absolute Gasteiger partial charge is 0.250 e. The van der Waals surface area contributed by atoms with Crippen molar-refractivity contribution >= 4 is 0 Å². The van der Waals surface area contributed by atoms with Gasteiger partial charge in [-0.25, -0.2) is 27.8 Å². The van der Waals surface area contributed by atoms with E-state index in [-0.39, 0.29) is 35.4 Å². The zero-order valence-electron chi connectivity index (χ0n) is 19.0. The molecule has 0 spiro atoms. The van der Waals surface area contributed by atoms with Gasteiger partial charge in [0.25, 0.3) is 5.95 Å². The van der Waals surface area contributed by atoms with Crippen LogP contribution >= 0.6 is 0 Å². The van der Waals surface area contributed by atoms with Crippen molar-refractivity contribution in [3.8, 4) is 17.2 Å². The lowest BCUT2D eigenvalue weighted by molar-refractivity contribution is 0.235. The summed E-state index contributed by atoms with van der Waals surface area (Å²) in [5.74, 6) is -1.86. The van der Waals surface area contributed by atoms with E-state index in [1.165, 1.54) is 22.9 Å². The topological polar surface area (TPSA) is 89.6 Å². The van der Waals surface area contributed by atoms with Crippen molar-refractivity contribution in [3.05, 3.63) is 82.8 Å². The van der Waals surface area contributed by atoms with Crippen molar-refractivity contribution in [2.45, 2.75) is 44.6 Å². The number of aromatic nitrogens is 6. The van der Waals surface area contributed by atoms with Gasteiger partial charge in [-0.3, -0.25) is 0 Å². The number of aliphatic hydroxyl groups is 1. The Labute approximate surface area is 198 Å². The van der Waals surface area contributed by atoms with Gasteiger partial charge in [-0.05, 0) is 54.0 Å². The van der Waals surface area contributed by atoms with Crippen LogP contribution in [0.15, 0.2) is 42.7 Å². The molecular formula is C25H21F3N6O. The van der Waals surface area contributed by atoms with E-state index in [0.29, 0.717) is 17.8 Å². The molecule has 2 aliphatic rings. The monoisotopic (exact) mass is 478 g/mol. The summed E-state index contributed by atoms with van der Waals surface area (Å²) in [6.07, 6.45) is 4.04. The van der Waals surface area contributed by atoms with E-state index in [0.717, 1.165) is 18.2 Å². The number of hydrogen-bond donors (Lipinski definition) is 1. The molecule has 1 fully saturated rings. The molecule has 7 nitrogen and oxygen atoms in total. The van der Waals surface area contributed by atoms with Gasteiger partial charge >= 0.3 is 0 Å². The number of halogens is 3. The molecular weight excluding hydrogens is 457 g/mol. The minimum atomic E-state index is -0.902. The maximum absolute atomic E-state index is 15.4. The number of fused-ring (bicyclic) bond motifs is 5. The molecule has 2 atom stereocenters. The summed E-state index contributed by atoms with van der Waals surface area (Å²) in [7, 11) is 0. The second-order valence-electron chi connectivity index (χ2n) is 9.62. The standard InChI is InChI=1S/C25H21F3N6O/c1-24(2)15-6-8-25(24,22-18(28)11-29-23(30-22)34-9-7-13(12-35)33-34)21-14(15)10-19(31-32-21)20-16(26)4-3-5-17(20)27/h3-5,7,9-11,15,35H,6,8,12H2,1-2H3/t15-,25?/m0/s1. The molecule has 0 amide bonds. The van der Waals surface area contributed by atoms with Crippen molar-refractivity contribution in [2.24, 2.45) is 5.41 Å². The predicted molar refractivity (Wildman–Crippen MR) is 119 cm³/mol. The van der Waals surface area contributed by atoms with E-state index >= 15 is 4.39 Å². The molecule has 10 heteroatoms. The molecule has 2 aliphatic carbocycles. The third-order valence-corrected chi connectivity index (χ3v) is 7.75. The maximum atomic E-state index is 15.4. The molecule has 1 saturated carbocycles. The molecule has 1 unspecified atom stereocenters. The van der Waals surface area contributed by atoms with E-state index in [9.17, 15) is 13.9 Å². The van der Waals surface area contributed by atoms with Crippen LogP contribution in [0.25, 0.3) is 17.2 Å². The Bertz CT molecular complexity index is 1470. The second-order valence-corrected chi connectivity index (χ2v) is 9.62. The third-order valence-electron chi connectivity index (χ3n) is 7.75. The Morgan fingerprint density at radius 1 is 1.06 bits per heavy atom. The Morgan fingerprint density at radius 3 is 2.54 bits per heavy atom. The number of rotatable bonds is 4. The first kappa shape index (κ1) is 21.8. The third kappa shape index (κ3) is 2.86. The molecule has 1 N–H and O–H groups in total. The van der Waals surface area contributed by atoms with E-state index in [2.05, 4.69) is 25.3 Å². The Kier molecular flexibility index (Phi) is 4.63. The molecule has 2 bridgehead atoms. The van der Waals surface area contributed by atoms with E-state index in [1.54, 1.807) is 18.3 Å². The highest BCUT2D eigenvalue weighted by Gasteiger charge is 2.66. The zero-order valence-corrected chi connectivity index (χ0v) is 19.0. The first-order valence-electron chi connectivity index (χ1n) is 11.3. The normalized spacial score (nSPS) is 21.9. The Hall–Kier alpha value is -3.66. The molecule has 0 saturated heterocycles. The molecule has 4 aromatic rings. The van der Waals surface area contributed by atoms with Gasteiger partial charge in [0.1, 0.15) is 11.6 Å². The summed E-state index contributed by atoms with van der Waals surface area (Å²) in [4.78, 5) is 8.69. The maximum Gasteiger partial charge on any atom is 0.250 e. The van der Waals surface area contributed by atoms with Crippen LogP contribution in [0.1, 0.15) is 55.3 Å². The minimum absolute atomic E-state index is 0.0231. The van der Waals surface area contributed by atoms with Gasteiger partial charge in [-0.15, -0.1) is 5.10 Å². The lowest BCUT2D eigenvalue weighted by Crippen LogP contribution is -2.39. The molecule has 0 radical (unpaired) electrons. The van der Waals surface area contributed by atoms with Crippen LogP contribution in [0.3, 0.4) is 0 Å². The van der Waals surface area contributed by atoms with Crippen LogP contribution in [0, 0.1) is 22.9 Å². The highest BCUT2D eigenvalue weighted by molar-refractivity contribution is 5.64. The SMILES string of the molecule is CC1(C)[C@H]2CCC1(c1nc(-n3ccc(CO)n3)ncc1F)c1nnc(-c3c(F)cccc3F)cc12. The van der Waals surface area contributed by atoms with Gasteiger partial charge < -0.3 is 5.11 Å². The van der Waals surface area contributed by atoms with Gasteiger partial charge in [-0.2, -0.15) is 10.2 Å². The average molecular weight is 478 g/mol. The lowest BCUT2D eigenvalue weighted by Gasteiger charge is -2.37. The van der Waals surface area contributed by atoms with Gasteiger partial charge in [0.05, 0.1) is 46.6 Å². The van der Waals surface area contributed by atoms with Crippen LogP contribution in [0.4, 0.5) is 13.2 Å². The fraction of sp³-hybridized carbons (Fsp3) is 0.320. The molecule has 0 aliphatic heterocycles. The molecule has 35 heavy (non-hydrogen) atoms. The quantitative estimate of drug-likeness (QED) is 0.472. The predicted octanol–water partition coefficient (Wildman–Crippen LogP) is 4.23. The van der Waals surface area contributed by atoms with Crippen LogP contribution in [0.2, 0.25) is 0 Å². The van der Waals surface area contributed by atoms with Crippen molar-refractivity contribution in [3.63, 3.8) is 0 Å². The van der Waals surface area contributed by atoms with Crippen LogP contribution in [-0.2, 0) is 12.0 Å². The van der Waals surface area contributed by atoms with E-state index < -0.39 is 28.3 Å². The van der Waals surface area contributed by atoms with Gasteiger partial charge in [0.2, 0.25) is 0 Å². The summed E-state index contributed by atoms with van der Waals surface area (Å²) >= 11 is 0. The van der Waals surface area contributed by atoms with E-state index in [1.807, 2.05) is 13.8 Å².